The van der Waals surface area contributed by atoms with Crippen LogP contribution in [0.2, 0.25) is 5.02 Å². The number of ether oxygens (including phenoxy) is 2. The van der Waals surface area contributed by atoms with Gasteiger partial charge in [0.2, 0.25) is 5.91 Å². The van der Waals surface area contributed by atoms with Gasteiger partial charge in [0.25, 0.3) is 0 Å². The number of nitrogens with one attached hydrogen (secondary N) is 1. The van der Waals surface area contributed by atoms with Crippen LogP contribution in [0.15, 0.2) is 42.5 Å². The molecule has 2 aromatic rings. The highest BCUT2D eigenvalue weighted by Crippen LogP contribution is 2.21. The normalized spacial score (nSPS) is 10.4. The molecular formula is C20H24ClNO3. The van der Waals surface area contributed by atoms with Gasteiger partial charge in [-0.05, 0) is 61.2 Å². The molecule has 0 atom stereocenters. The third-order valence-electron chi connectivity index (χ3n) is 3.81. The summed E-state index contributed by atoms with van der Waals surface area (Å²) >= 11 is 5.92. The molecule has 0 aromatic heterocycles. The molecule has 0 aliphatic rings. The van der Waals surface area contributed by atoms with Crippen molar-refractivity contribution in [1.82, 2.24) is 5.32 Å². The van der Waals surface area contributed by atoms with E-state index in [0.717, 1.165) is 29.0 Å². The summed E-state index contributed by atoms with van der Waals surface area (Å²) in [6.07, 6.45) is 1.92. The molecule has 2 aromatic carbocycles. The van der Waals surface area contributed by atoms with Crippen molar-refractivity contribution in [3.63, 3.8) is 0 Å². The molecule has 0 heterocycles. The van der Waals surface area contributed by atoms with E-state index in [0.29, 0.717) is 31.0 Å². The van der Waals surface area contributed by atoms with E-state index in [1.165, 1.54) is 0 Å². The average molecular weight is 362 g/mol. The van der Waals surface area contributed by atoms with Crippen LogP contribution in [0, 0.1) is 6.92 Å². The number of aryl methyl sites for hydroxylation is 2. The Labute approximate surface area is 154 Å². The molecule has 0 unspecified atom stereocenters. The van der Waals surface area contributed by atoms with Crippen molar-refractivity contribution in [2.45, 2.75) is 26.2 Å². The van der Waals surface area contributed by atoms with Gasteiger partial charge in [0.1, 0.15) is 11.5 Å². The molecule has 4 nitrogen and oxygen atoms in total. The molecule has 0 saturated heterocycles. The molecule has 25 heavy (non-hydrogen) atoms. The van der Waals surface area contributed by atoms with Gasteiger partial charge in [0, 0.05) is 18.0 Å². The molecule has 134 valence electrons. The summed E-state index contributed by atoms with van der Waals surface area (Å²) in [4.78, 5) is 11.9. The molecule has 0 bridgehead atoms. The largest absolute Gasteiger partial charge is 0.497 e. The van der Waals surface area contributed by atoms with Crippen molar-refractivity contribution in [2.24, 2.45) is 0 Å². The summed E-state index contributed by atoms with van der Waals surface area (Å²) in [5, 5.41) is 3.62. The van der Waals surface area contributed by atoms with E-state index in [1.54, 1.807) is 7.11 Å². The third-order valence-corrected chi connectivity index (χ3v) is 4.05. The average Bonchev–Trinajstić information content (AvgIpc) is 2.61. The van der Waals surface area contributed by atoms with E-state index in [4.69, 9.17) is 21.1 Å². The lowest BCUT2D eigenvalue weighted by Crippen LogP contribution is -2.25. The molecule has 0 spiro atoms. The van der Waals surface area contributed by atoms with Gasteiger partial charge in [-0.15, -0.1) is 0 Å². The third kappa shape index (κ3) is 6.67. The standard InChI is InChI=1S/C20H24ClNO3/c1-15-13-17(21)8-9-19(15)25-12-4-11-22-20(23)10-7-16-5-3-6-18(14-16)24-2/h3,5-6,8-9,13-14H,4,7,10-12H2,1-2H3,(H,22,23). The molecule has 1 N–H and O–H groups in total. The van der Waals surface area contributed by atoms with Crippen LogP contribution in [0.3, 0.4) is 0 Å². The van der Waals surface area contributed by atoms with E-state index in [1.807, 2.05) is 49.4 Å². The fourth-order valence-corrected chi connectivity index (χ4v) is 2.66. The maximum absolute atomic E-state index is 11.9. The van der Waals surface area contributed by atoms with Crippen molar-refractivity contribution in [1.29, 1.82) is 0 Å². The fourth-order valence-electron chi connectivity index (χ4n) is 2.43. The van der Waals surface area contributed by atoms with Gasteiger partial charge in [-0.1, -0.05) is 23.7 Å². The van der Waals surface area contributed by atoms with E-state index < -0.39 is 0 Å². The summed E-state index contributed by atoms with van der Waals surface area (Å²) in [5.41, 5.74) is 2.10. The number of hydrogen-bond donors (Lipinski definition) is 1. The maximum atomic E-state index is 11.9. The van der Waals surface area contributed by atoms with Crippen LogP contribution < -0.4 is 14.8 Å². The first-order valence-electron chi connectivity index (χ1n) is 8.37. The Morgan fingerprint density at radius 2 is 2.04 bits per heavy atom. The van der Waals surface area contributed by atoms with Crippen LogP contribution in [0.1, 0.15) is 24.0 Å². The second kappa shape index (κ2) is 9.94. The number of halogens is 1. The summed E-state index contributed by atoms with van der Waals surface area (Å²) < 4.78 is 10.9. The van der Waals surface area contributed by atoms with Gasteiger partial charge in [0.05, 0.1) is 13.7 Å². The first-order valence-corrected chi connectivity index (χ1v) is 8.75. The number of benzene rings is 2. The molecule has 0 aliphatic heterocycles. The molecule has 0 aliphatic carbocycles. The zero-order valence-corrected chi connectivity index (χ0v) is 15.4. The predicted molar refractivity (Wildman–Crippen MR) is 101 cm³/mol. The number of carbonyl (C=O) groups is 1. The molecule has 2 rings (SSSR count). The first-order chi connectivity index (χ1) is 12.1. The summed E-state index contributed by atoms with van der Waals surface area (Å²) in [7, 11) is 1.64. The number of methoxy groups -OCH3 is 1. The Hall–Kier alpha value is -2.20. The van der Waals surface area contributed by atoms with Gasteiger partial charge < -0.3 is 14.8 Å². The molecule has 5 heteroatoms. The monoisotopic (exact) mass is 361 g/mol. The van der Waals surface area contributed by atoms with Gasteiger partial charge in [-0.3, -0.25) is 4.79 Å². The fraction of sp³-hybridized carbons (Fsp3) is 0.350. The summed E-state index contributed by atoms with van der Waals surface area (Å²) in [5.74, 6) is 1.69. The minimum absolute atomic E-state index is 0.0468. The quantitative estimate of drug-likeness (QED) is 0.682. The Morgan fingerprint density at radius 3 is 2.80 bits per heavy atom. The minimum Gasteiger partial charge on any atom is -0.497 e. The SMILES string of the molecule is COc1cccc(CCC(=O)NCCCOc2ccc(Cl)cc2C)c1. The van der Waals surface area contributed by atoms with Crippen LogP contribution in [-0.2, 0) is 11.2 Å². The van der Waals surface area contributed by atoms with Gasteiger partial charge in [-0.25, -0.2) is 0 Å². The zero-order valence-electron chi connectivity index (χ0n) is 14.7. The van der Waals surface area contributed by atoms with Crippen LogP contribution in [0.4, 0.5) is 0 Å². The van der Waals surface area contributed by atoms with Crippen molar-refractivity contribution in [3.8, 4) is 11.5 Å². The van der Waals surface area contributed by atoms with Gasteiger partial charge in [0.15, 0.2) is 0 Å². The van der Waals surface area contributed by atoms with Crippen LogP contribution in [0.5, 0.6) is 11.5 Å². The Balaban J connectivity index is 1.62. The Morgan fingerprint density at radius 1 is 1.20 bits per heavy atom. The lowest BCUT2D eigenvalue weighted by Gasteiger charge is -2.10. The van der Waals surface area contributed by atoms with Gasteiger partial charge >= 0.3 is 0 Å². The first kappa shape index (κ1) is 19.1. The van der Waals surface area contributed by atoms with Crippen LogP contribution >= 0.6 is 11.6 Å². The smallest absolute Gasteiger partial charge is 0.220 e. The topological polar surface area (TPSA) is 47.6 Å². The van der Waals surface area contributed by atoms with Crippen molar-refractivity contribution >= 4 is 17.5 Å². The second-order valence-corrected chi connectivity index (χ2v) is 6.25. The van der Waals surface area contributed by atoms with E-state index >= 15 is 0 Å². The maximum Gasteiger partial charge on any atom is 0.220 e. The van der Waals surface area contributed by atoms with Crippen molar-refractivity contribution in [2.75, 3.05) is 20.3 Å². The number of rotatable bonds is 9. The minimum atomic E-state index is 0.0468. The summed E-state index contributed by atoms with van der Waals surface area (Å²) in [6.45, 7) is 3.11. The van der Waals surface area contributed by atoms with E-state index in [-0.39, 0.29) is 5.91 Å². The number of amides is 1. The zero-order chi connectivity index (χ0) is 18.1. The summed E-state index contributed by atoms with van der Waals surface area (Å²) in [6, 6.07) is 13.3. The molecule has 0 saturated carbocycles. The Kier molecular flexibility index (Phi) is 7.61. The lowest BCUT2D eigenvalue weighted by molar-refractivity contribution is -0.121. The van der Waals surface area contributed by atoms with E-state index in [2.05, 4.69) is 5.32 Å². The molecule has 0 radical (unpaired) electrons. The number of carbonyl (C=O) groups excluding carboxylic acids is 1. The van der Waals surface area contributed by atoms with Crippen molar-refractivity contribution in [3.05, 3.63) is 58.6 Å². The highest BCUT2D eigenvalue weighted by atomic mass is 35.5. The lowest BCUT2D eigenvalue weighted by atomic mass is 10.1. The van der Waals surface area contributed by atoms with E-state index in [9.17, 15) is 4.79 Å². The molecule has 0 fully saturated rings. The number of hydrogen-bond acceptors (Lipinski definition) is 3. The van der Waals surface area contributed by atoms with Crippen LogP contribution in [0.25, 0.3) is 0 Å². The second-order valence-electron chi connectivity index (χ2n) is 5.81. The highest BCUT2D eigenvalue weighted by Gasteiger charge is 2.04. The van der Waals surface area contributed by atoms with Crippen LogP contribution in [-0.4, -0.2) is 26.2 Å². The van der Waals surface area contributed by atoms with Crippen molar-refractivity contribution < 1.29 is 14.3 Å². The predicted octanol–water partition coefficient (Wildman–Crippen LogP) is 4.17. The molecule has 1 amide bonds. The highest BCUT2D eigenvalue weighted by molar-refractivity contribution is 6.30. The van der Waals surface area contributed by atoms with Gasteiger partial charge in [-0.2, -0.15) is 0 Å². The Bertz CT molecular complexity index is 703. The molecular weight excluding hydrogens is 338 g/mol.